The maximum atomic E-state index is 4.58. The van der Waals surface area contributed by atoms with Gasteiger partial charge in [0.1, 0.15) is 0 Å². The molecule has 4 nitrogen and oxygen atoms in total. The average Bonchev–Trinajstić information content (AvgIpc) is 3.01. The minimum atomic E-state index is 0.923. The van der Waals surface area contributed by atoms with E-state index in [-0.39, 0.29) is 0 Å². The number of pyridine rings is 1. The molecule has 1 saturated heterocycles. The van der Waals surface area contributed by atoms with Crippen LogP contribution in [-0.2, 0) is 13.1 Å². The van der Waals surface area contributed by atoms with Crippen LogP contribution in [0.3, 0.4) is 0 Å². The van der Waals surface area contributed by atoms with E-state index in [1.54, 1.807) is 0 Å². The van der Waals surface area contributed by atoms with Crippen LogP contribution in [0.1, 0.15) is 37.4 Å². The lowest BCUT2D eigenvalue weighted by molar-refractivity contribution is 0.250. The molecule has 1 N–H and O–H groups in total. The molecule has 118 valence electrons. The third kappa shape index (κ3) is 6.12. The van der Waals surface area contributed by atoms with Gasteiger partial charge in [-0.15, -0.1) is 0 Å². The van der Waals surface area contributed by atoms with E-state index in [9.17, 15) is 0 Å². The van der Waals surface area contributed by atoms with Crippen molar-refractivity contribution in [2.75, 3.05) is 39.8 Å². The molecule has 0 radical (unpaired) electrons. The van der Waals surface area contributed by atoms with Gasteiger partial charge in [0.25, 0.3) is 0 Å². The Morgan fingerprint density at radius 2 is 2.10 bits per heavy atom. The quantitative estimate of drug-likeness (QED) is 0.706. The predicted octanol–water partition coefficient (Wildman–Crippen LogP) is 2.11. The van der Waals surface area contributed by atoms with Gasteiger partial charge < -0.3 is 10.2 Å². The summed E-state index contributed by atoms with van der Waals surface area (Å²) in [4.78, 5) is 9.51. The van der Waals surface area contributed by atoms with E-state index >= 15 is 0 Å². The fourth-order valence-corrected chi connectivity index (χ4v) is 2.74. The maximum Gasteiger partial charge on any atom is 0.0544 e. The van der Waals surface area contributed by atoms with Gasteiger partial charge in [0.2, 0.25) is 0 Å². The molecule has 0 spiro atoms. The predicted molar refractivity (Wildman–Crippen MR) is 88.2 cm³/mol. The summed E-state index contributed by atoms with van der Waals surface area (Å²) in [5.74, 6) is 0. The minimum absolute atomic E-state index is 0.923. The monoisotopic (exact) mass is 290 g/mol. The first-order valence-corrected chi connectivity index (χ1v) is 8.33. The van der Waals surface area contributed by atoms with Gasteiger partial charge in [0.05, 0.1) is 5.69 Å². The third-order valence-corrected chi connectivity index (χ3v) is 4.07. The van der Waals surface area contributed by atoms with E-state index in [2.05, 4.69) is 46.2 Å². The van der Waals surface area contributed by atoms with E-state index in [0.717, 1.165) is 31.9 Å². The van der Waals surface area contributed by atoms with E-state index in [4.69, 9.17) is 0 Å². The van der Waals surface area contributed by atoms with E-state index in [0.29, 0.717) is 0 Å². The number of hydrogen-bond donors (Lipinski definition) is 1. The summed E-state index contributed by atoms with van der Waals surface area (Å²) in [5.41, 5.74) is 2.44. The molecule has 0 unspecified atom stereocenters. The molecule has 0 aliphatic carbocycles. The van der Waals surface area contributed by atoms with Gasteiger partial charge in [-0.05, 0) is 57.6 Å². The second-order valence-electron chi connectivity index (χ2n) is 6.12. The van der Waals surface area contributed by atoms with Crippen LogP contribution in [0.4, 0.5) is 0 Å². The fraction of sp³-hybridized carbons (Fsp3) is 0.706. The first kappa shape index (κ1) is 16.4. The number of nitrogens with one attached hydrogen (secondary N) is 1. The summed E-state index contributed by atoms with van der Waals surface area (Å²) in [6.07, 6.45) is 5.93. The van der Waals surface area contributed by atoms with Crippen molar-refractivity contribution in [2.24, 2.45) is 0 Å². The number of likely N-dealkylation sites (tertiary alicyclic amines) is 1. The second-order valence-corrected chi connectivity index (χ2v) is 6.12. The maximum absolute atomic E-state index is 4.58. The summed E-state index contributed by atoms with van der Waals surface area (Å²) in [6, 6.07) is 4.36. The Morgan fingerprint density at radius 3 is 2.76 bits per heavy atom. The Balaban J connectivity index is 1.68. The van der Waals surface area contributed by atoms with Crippen LogP contribution >= 0.6 is 0 Å². The van der Waals surface area contributed by atoms with Crippen LogP contribution in [0.2, 0.25) is 0 Å². The lowest BCUT2D eigenvalue weighted by atomic mass is 10.2. The summed E-state index contributed by atoms with van der Waals surface area (Å²) >= 11 is 0. The van der Waals surface area contributed by atoms with E-state index in [1.807, 2.05) is 6.20 Å². The zero-order valence-corrected chi connectivity index (χ0v) is 13.6. The molecule has 1 aliphatic heterocycles. The van der Waals surface area contributed by atoms with Crippen LogP contribution in [0.15, 0.2) is 18.3 Å². The topological polar surface area (TPSA) is 31.4 Å². The molecule has 0 saturated carbocycles. The van der Waals surface area contributed by atoms with Gasteiger partial charge in [0.15, 0.2) is 0 Å². The highest BCUT2D eigenvalue weighted by atomic mass is 15.2. The molecule has 1 aromatic heterocycles. The molecule has 1 fully saturated rings. The zero-order valence-electron chi connectivity index (χ0n) is 13.6. The highest BCUT2D eigenvalue weighted by Crippen LogP contribution is 2.07. The Labute approximate surface area is 129 Å². The molecule has 0 bridgehead atoms. The lowest BCUT2D eigenvalue weighted by Gasteiger charge is -2.21. The van der Waals surface area contributed by atoms with Crippen molar-refractivity contribution < 1.29 is 0 Å². The van der Waals surface area contributed by atoms with Gasteiger partial charge >= 0.3 is 0 Å². The van der Waals surface area contributed by atoms with Crippen molar-refractivity contribution in [3.63, 3.8) is 0 Å². The van der Waals surface area contributed by atoms with Crippen LogP contribution < -0.4 is 5.32 Å². The van der Waals surface area contributed by atoms with Crippen LogP contribution in [0, 0.1) is 0 Å². The number of aromatic nitrogens is 1. The Kier molecular flexibility index (Phi) is 7.13. The summed E-state index contributed by atoms with van der Waals surface area (Å²) in [7, 11) is 2.19. The fourth-order valence-electron chi connectivity index (χ4n) is 2.74. The molecular weight excluding hydrogens is 260 g/mol. The van der Waals surface area contributed by atoms with Gasteiger partial charge in [-0.25, -0.2) is 0 Å². The Morgan fingerprint density at radius 1 is 1.29 bits per heavy atom. The first-order valence-electron chi connectivity index (χ1n) is 8.33. The van der Waals surface area contributed by atoms with Crippen molar-refractivity contribution in [3.8, 4) is 0 Å². The molecule has 2 rings (SSSR count). The number of nitrogens with zero attached hydrogens (tertiary/aromatic N) is 3. The number of likely N-dealkylation sites (N-methyl/N-ethyl adjacent to an activating group) is 1. The van der Waals surface area contributed by atoms with Crippen LogP contribution in [0.5, 0.6) is 0 Å². The Hall–Kier alpha value is -0.970. The van der Waals surface area contributed by atoms with Crippen molar-refractivity contribution in [3.05, 3.63) is 29.6 Å². The van der Waals surface area contributed by atoms with E-state index < -0.39 is 0 Å². The van der Waals surface area contributed by atoms with Crippen molar-refractivity contribution >= 4 is 0 Å². The molecule has 21 heavy (non-hydrogen) atoms. The normalized spacial score (nSPS) is 16.0. The molecule has 1 aromatic rings. The molecule has 1 aliphatic rings. The molecule has 0 amide bonds. The second kappa shape index (κ2) is 9.13. The minimum Gasteiger partial charge on any atom is -0.313 e. The average molecular weight is 290 g/mol. The molecule has 0 aromatic carbocycles. The van der Waals surface area contributed by atoms with Crippen molar-refractivity contribution in [1.82, 2.24) is 20.1 Å². The van der Waals surface area contributed by atoms with Gasteiger partial charge in [-0.1, -0.05) is 13.0 Å². The molecular formula is C17H30N4. The van der Waals surface area contributed by atoms with Gasteiger partial charge in [0, 0.05) is 32.4 Å². The molecule has 0 atom stereocenters. The third-order valence-electron chi connectivity index (χ3n) is 4.07. The summed E-state index contributed by atoms with van der Waals surface area (Å²) < 4.78 is 0. The smallest absolute Gasteiger partial charge is 0.0544 e. The highest BCUT2D eigenvalue weighted by molar-refractivity contribution is 5.13. The van der Waals surface area contributed by atoms with Crippen molar-refractivity contribution in [1.29, 1.82) is 0 Å². The van der Waals surface area contributed by atoms with Gasteiger partial charge in [-0.2, -0.15) is 0 Å². The van der Waals surface area contributed by atoms with Crippen LogP contribution in [-0.4, -0.2) is 54.6 Å². The SMILES string of the molecule is CCCNCc1ccc(CN(C)CCN2CCCC2)nc1. The number of rotatable bonds is 9. The van der Waals surface area contributed by atoms with E-state index in [1.165, 1.54) is 44.5 Å². The highest BCUT2D eigenvalue weighted by Gasteiger charge is 2.11. The summed E-state index contributed by atoms with van der Waals surface area (Å²) in [5, 5.41) is 3.41. The lowest BCUT2D eigenvalue weighted by Crippen LogP contribution is -2.31. The zero-order chi connectivity index (χ0) is 14.9. The summed E-state index contributed by atoms with van der Waals surface area (Å²) in [6.45, 7) is 10.0. The molecule has 2 heterocycles. The Bertz CT molecular complexity index is 384. The van der Waals surface area contributed by atoms with Gasteiger partial charge in [-0.3, -0.25) is 9.88 Å². The van der Waals surface area contributed by atoms with Crippen molar-refractivity contribution in [2.45, 2.75) is 39.3 Å². The number of hydrogen-bond acceptors (Lipinski definition) is 4. The molecule has 4 heteroatoms. The first-order chi connectivity index (χ1) is 10.3. The standard InChI is InChI=1S/C17H30N4/c1-3-8-18-13-16-6-7-17(19-14-16)15-20(2)11-12-21-9-4-5-10-21/h6-7,14,18H,3-5,8-13,15H2,1-2H3. The largest absolute Gasteiger partial charge is 0.313 e. The van der Waals surface area contributed by atoms with Crippen LogP contribution in [0.25, 0.3) is 0 Å².